The van der Waals surface area contributed by atoms with Crippen LogP contribution in [-0.2, 0) is 6.61 Å². The third-order valence-electron chi connectivity index (χ3n) is 4.86. The number of para-hydroxylation sites is 1. The number of rotatable bonds is 7. The van der Waals surface area contributed by atoms with Crippen molar-refractivity contribution in [2.75, 3.05) is 0 Å². The number of hydrogen-bond acceptors (Lipinski definition) is 4. The average molecular weight is 413 g/mol. The molecular formula is C23H25ClN2O3. The summed E-state index contributed by atoms with van der Waals surface area (Å²) >= 11 is 6.13. The topological polar surface area (TPSA) is 64.4 Å². The van der Waals surface area contributed by atoms with Crippen LogP contribution in [-0.4, -0.2) is 11.1 Å². The van der Waals surface area contributed by atoms with Crippen LogP contribution >= 0.6 is 11.6 Å². The first-order valence-electron chi connectivity index (χ1n) is 9.60. The number of nitrogens with one attached hydrogen (secondary N) is 1. The van der Waals surface area contributed by atoms with Crippen LogP contribution in [0.4, 0.5) is 0 Å². The summed E-state index contributed by atoms with van der Waals surface area (Å²) in [7, 11) is 0. The Labute approximate surface area is 176 Å². The molecule has 0 aliphatic carbocycles. The second kappa shape index (κ2) is 9.14. The molecule has 1 heterocycles. The van der Waals surface area contributed by atoms with Gasteiger partial charge in [-0.15, -0.1) is 0 Å². The molecule has 152 valence electrons. The molecule has 3 rings (SSSR count). The van der Waals surface area contributed by atoms with E-state index in [9.17, 15) is 4.79 Å². The van der Waals surface area contributed by atoms with Crippen molar-refractivity contribution in [3.63, 3.8) is 0 Å². The minimum Gasteiger partial charge on any atom is -0.487 e. The van der Waals surface area contributed by atoms with Gasteiger partial charge in [-0.25, -0.2) is 0 Å². The van der Waals surface area contributed by atoms with E-state index in [4.69, 9.17) is 20.9 Å². The number of aryl methyl sites for hydroxylation is 1. The summed E-state index contributed by atoms with van der Waals surface area (Å²) < 4.78 is 11.0. The van der Waals surface area contributed by atoms with Crippen molar-refractivity contribution in [1.29, 1.82) is 0 Å². The van der Waals surface area contributed by atoms with Crippen LogP contribution in [0, 0.1) is 6.92 Å². The summed E-state index contributed by atoms with van der Waals surface area (Å²) in [5, 5.41) is 7.42. The summed E-state index contributed by atoms with van der Waals surface area (Å²) in [4.78, 5) is 12.8. The molecule has 0 fully saturated rings. The summed E-state index contributed by atoms with van der Waals surface area (Å²) in [6.45, 7) is 8.14. The fourth-order valence-corrected chi connectivity index (χ4v) is 3.16. The molecule has 5 nitrogen and oxygen atoms in total. The Bertz CT molecular complexity index is 980. The van der Waals surface area contributed by atoms with Crippen molar-refractivity contribution < 1.29 is 14.1 Å². The first-order valence-corrected chi connectivity index (χ1v) is 9.97. The zero-order valence-corrected chi connectivity index (χ0v) is 17.8. The number of carbonyl (C=O) groups is 1. The summed E-state index contributed by atoms with van der Waals surface area (Å²) in [5.74, 6) is 1.24. The van der Waals surface area contributed by atoms with Gasteiger partial charge in [0.2, 0.25) is 0 Å². The maximum Gasteiger partial charge on any atom is 0.274 e. The molecule has 3 aromatic rings. The quantitative estimate of drug-likeness (QED) is 0.530. The highest BCUT2D eigenvalue weighted by Crippen LogP contribution is 2.26. The van der Waals surface area contributed by atoms with Crippen LogP contribution in [0.2, 0.25) is 5.02 Å². The van der Waals surface area contributed by atoms with E-state index in [1.54, 1.807) is 19.1 Å². The lowest BCUT2D eigenvalue weighted by Crippen LogP contribution is -2.28. The van der Waals surface area contributed by atoms with Gasteiger partial charge in [-0.05, 0) is 43.0 Å². The fraction of sp³-hybridized carbons (Fsp3) is 0.304. The van der Waals surface area contributed by atoms with Gasteiger partial charge in [-0.3, -0.25) is 4.79 Å². The van der Waals surface area contributed by atoms with Crippen LogP contribution in [0.1, 0.15) is 65.7 Å². The molecule has 0 spiro atoms. The molecule has 1 atom stereocenters. The molecular weight excluding hydrogens is 388 g/mol. The van der Waals surface area contributed by atoms with E-state index < -0.39 is 0 Å². The standard InChI is InChI=1S/C23H25ClN2O3/c1-14(2)17-9-11-18(12-10-17)15(3)25-23(27)22-19(16(4)29-26-22)13-28-21-8-6-5-7-20(21)24/h5-12,14-15H,13H2,1-4H3,(H,25,27). The molecule has 0 aliphatic rings. The number of ether oxygens (including phenoxy) is 1. The number of hydrogen-bond donors (Lipinski definition) is 1. The highest BCUT2D eigenvalue weighted by molar-refractivity contribution is 6.32. The Kier molecular flexibility index (Phi) is 6.60. The number of amides is 1. The van der Waals surface area contributed by atoms with Crippen molar-refractivity contribution in [2.45, 2.75) is 46.3 Å². The Morgan fingerprint density at radius 2 is 1.76 bits per heavy atom. The van der Waals surface area contributed by atoms with Gasteiger partial charge in [0.05, 0.1) is 16.6 Å². The van der Waals surface area contributed by atoms with E-state index in [0.717, 1.165) is 5.56 Å². The van der Waals surface area contributed by atoms with Crippen molar-refractivity contribution >= 4 is 17.5 Å². The molecule has 0 saturated carbocycles. The van der Waals surface area contributed by atoms with Crippen molar-refractivity contribution in [1.82, 2.24) is 10.5 Å². The molecule has 0 bridgehead atoms. The van der Waals surface area contributed by atoms with E-state index in [1.165, 1.54) is 5.56 Å². The zero-order valence-electron chi connectivity index (χ0n) is 17.0. The Morgan fingerprint density at radius 3 is 2.41 bits per heavy atom. The second-order valence-electron chi connectivity index (χ2n) is 7.30. The third-order valence-corrected chi connectivity index (χ3v) is 5.17. The maximum atomic E-state index is 12.8. The summed E-state index contributed by atoms with van der Waals surface area (Å²) in [5.41, 5.74) is 3.11. The minimum atomic E-state index is -0.306. The molecule has 1 N–H and O–H groups in total. The van der Waals surface area contributed by atoms with Gasteiger partial charge in [0, 0.05) is 0 Å². The molecule has 0 saturated heterocycles. The van der Waals surface area contributed by atoms with Crippen LogP contribution in [0.3, 0.4) is 0 Å². The van der Waals surface area contributed by atoms with E-state index >= 15 is 0 Å². The van der Waals surface area contributed by atoms with E-state index in [0.29, 0.717) is 28.0 Å². The Morgan fingerprint density at radius 1 is 1.10 bits per heavy atom. The van der Waals surface area contributed by atoms with Crippen LogP contribution < -0.4 is 10.1 Å². The largest absolute Gasteiger partial charge is 0.487 e. The summed E-state index contributed by atoms with van der Waals surface area (Å²) in [6, 6.07) is 15.3. The van der Waals surface area contributed by atoms with Gasteiger partial charge in [0.25, 0.3) is 5.91 Å². The number of benzene rings is 2. The smallest absolute Gasteiger partial charge is 0.274 e. The van der Waals surface area contributed by atoms with Gasteiger partial charge < -0.3 is 14.6 Å². The monoisotopic (exact) mass is 412 g/mol. The van der Waals surface area contributed by atoms with Gasteiger partial charge in [0.1, 0.15) is 18.1 Å². The second-order valence-corrected chi connectivity index (χ2v) is 7.71. The molecule has 1 unspecified atom stereocenters. The first kappa shape index (κ1) is 20.9. The molecule has 0 aliphatic heterocycles. The van der Waals surface area contributed by atoms with Crippen molar-refractivity contribution in [3.05, 3.63) is 81.7 Å². The molecule has 0 radical (unpaired) electrons. The lowest BCUT2D eigenvalue weighted by atomic mass is 9.99. The van der Waals surface area contributed by atoms with E-state index in [1.807, 2.05) is 31.2 Å². The van der Waals surface area contributed by atoms with Gasteiger partial charge in [0.15, 0.2) is 5.69 Å². The number of nitrogens with zero attached hydrogens (tertiary/aromatic N) is 1. The lowest BCUT2D eigenvalue weighted by molar-refractivity contribution is 0.0928. The molecule has 29 heavy (non-hydrogen) atoms. The number of carbonyl (C=O) groups excluding carboxylic acids is 1. The SMILES string of the molecule is Cc1onc(C(=O)NC(C)c2ccc(C(C)C)cc2)c1COc1ccccc1Cl. The highest BCUT2D eigenvalue weighted by atomic mass is 35.5. The van der Waals surface area contributed by atoms with Crippen LogP contribution in [0.25, 0.3) is 0 Å². The van der Waals surface area contributed by atoms with Crippen molar-refractivity contribution in [3.8, 4) is 5.75 Å². The predicted molar refractivity (Wildman–Crippen MR) is 113 cm³/mol. The van der Waals surface area contributed by atoms with E-state index in [-0.39, 0.29) is 24.2 Å². The zero-order chi connectivity index (χ0) is 21.0. The Hall–Kier alpha value is -2.79. The van der Waals surface area contributed by atoms with Crippen molar-refractivity contribution in [2.24, 2.45) is 0 Å². The van der Waals surface area contributed by atoms with Gasteiger partial charge in [-0.1, -0.05) is 67.0 Å². The molecule has 1 amide bonds. The maximum absolute atomic E-state index is 12.8. The predicted octanol–water partition coefficient (Wildman–Crippen LogP) is 5.83. The lowest BCUT2D eigenvalue weighted by Gasteiger charge is -2.15. The Balaban J connectivity index is 1.70. The highest BCUT2D eigenvalue weighted by Gasteiger charge is 2.22. The first-order chi connectivity index (χ1) is 13.9. The molecule has 2 aromatic carbocycles. The van der Waals surface area contributed by atoms with Crippen LogP contribution in [0.15, 0.2) is 53.1 Å². The number of aromatic nitrogens is 1. The van der Waals surface area contributed by atoms with Gasteiger partial charge >= 0.3 is 0 Å². The minimum absolute atomic E-state index is 0.138. The average Bonchev–Trinajstić information content (AvgIpc) is 3.08. The molecule has 1 aromatic heterocycles. The third kappa shape index (κ3) is 4.98. The number of halogens is 1. The van der Waals surface area contributed by atoms with Crippen LogP contribution in [0.5, 0.6) is 5.75 Å². The molecule has 6 heteroatoms. The van der Waals surface area contributed by atoms with E-state index in [2.05, 4.69) is 36.5 Å². The summed E-state index contributed by atoms with van der Waals surface area (Å²) in [6.07, 6.45) is 0. The normalized spacial score (nSPS) is 12.1. The fourth-order valence-electron chi connectivity index (χ4n) is 2.97. The van der Waals surface area contributed by atoms with Gasteiger partial charge in [-0.2, -0.15) is 0 Å².